The lowest BCUT2D eigenvalue weighted by atomic mass is 9.78. The fraction of sp³-hybridized carbons (Fsp3) is 0.368. The van der Waals surface area contributed by atoms with Crippen molar-refractivity contribution in [2.45, 2.75) is 44.6 Å². The molecule has 0 fully saturated rings. The number of nitrogens with two attached hydrogens (primary N) is 1. The highest BCUT2D eigenvalue weighted by Gasteiger charge is 2.23. The summed E-state index contributed by atoms with van der Waals surface area (Å²) in [5, 5.41) is 0. The first-order chi connectivity index (χ1) is 10.1. The molecule has 0 saturated carbocycles. The van der Waals surface area contributed by atoms with E-state index in [1.165, 1.54) is 41.5 Å². The van der Waals surface area contributed by atoms with Crippen LogP contribution in [-0.2, 0) is 6.42 Å². The summed E-state index contributed by atoms with van der Waals surface area (Å²) in [5.41, 5.74) is 12.1. The summed E-state index contributed by atoms with van der Waals surface area (Å²) in [4.78, 5) is 0. The summed E-state index contributed by atoms with van der Waals surface area (Å²) < 4.78 is 1.12. The van der Waals surface area contributed by atoms with Gasteiger partial charge in [0.2, 0.25) is 0 Å². The highest BCUT2D eigenvalue weighted by atomic mass is 79.9. The number of hydrogen-bond donors (Lipinski definition) is 1. The molecule has 0 bridgehead atoms. The molecule has 0 saturated heterocycles. The second-order valence-corrected chi connectivity index (χ2v) is 7.05. The molecule has 21 heavy (non-hydrogen) atoms. The Morgan fingerprint density at radius 2 is 2.05 bits per heavy atom. The number of rotatable bonds is 3. The van der Waals surface area contributed by atoms with Crippen molar-refractivity contribution in [2.75, 3.05) is 0 Å². The summed E-state index contributed by atoms with van der Waals surface area (Å²) in [7, 11) is 0. The predicted octanol–water partition coefficient (Wildman–Crippen LogP) is 5.27. The maximum Gasteiger partial charge on any atom is 0.0303 e. The van der Waals surface area contributed by atoms with Crippen molar-refractivity contribution >= 4 is 15.9 Å². The predicted molar refractivity (Wildman–Crippen MR) is 92.5 cm³/mol. The van der Waals surface area contributed by atoms with Gasteiger partial charge in [-0.25, -0.2) is 0 Å². The van der Waals surface area contributed by atoms with Crippen LogP contribution in [-0.4, -0.2) is 0 Å². The summed E-state index contributed by atoms with van der Waals surface area (Å²) in [6.07, 6.45) is 4.81. The summed E-state index contributed by atoms with van der Waals surface area (Å²) in [6, 6.07) is 15.4. The highest BCUT2D eigenvalue weighted by molar-refractivity contribution is 9.10. The van der Waals surface area contributed by atoms with Gasteiger partial charge in [-0.1, -0.05) is 46.3 Å². The fourth-order valence-electron chi connectivity index (χ4n) is 3.59. The smallest absolute Gasteiger partial charge is 0.0303 e. The maximum absolute atomic E-state index is 6.52. The first-order valence-corrected chi connectivity index (χ1v) is 8.54. The molecule has 2 N–H and O–H groups in total. The molecule has 0 spiro atoms. The first-order valence-electron chi connectivity index (χ1n) is 7.74. The van der Waals surface area contributed by atoms with Gasteiger partial charge in [0.1, 0.15) is 0 Å². The van der Waals surface area contributed by atoms with E-state index in [1.54, 1.807) is 0 Å². The zero-order valence-electron chi connectivity index (χ0n) is 12.5. The number of halogens is 1. The molecule has 3 rings (SSSR count). The van der Waals surface area contributed by atoms with Gasteiger partial charge in [0.15, 0.2) is 0 Å². The van der Waals surface area contributed by atoms with Crippen molar-refractivity contribution in [2.24, 2.45) is 5.73 Å². The Balaban J connectivity index is 1.81. The molecule has 0 amide bonds. The van der Waals surface area contributed by atoms with E-state index in [4.69, 9.17) is 5.73 Å². The van der Waals surface area contributed by atoms with Gasteiger partial charge in [0.05, 0.1) is 0 Å². The lowest BCUT2D eigenvalue weighted by Crippen LogP contribution is -2.18. The topological polar surface area (TPSA) is 26.0 Å². The van der Waals surface area contributed by atoms with Crippen LogP contribution in [0.25, 0.3) is 0 Å². The minimum Gasteiger partial charge on any atom is -0.324 e. The third-order valence-corrected chi connectivity index (χ3v) is 5.16. The molecule has 2 unspecified atom stereocenters. The lowest BCUT2D eigenvalue weighted by molar-refractivity contribution is 0.475. The van der Waals surface area contributed by atoms with E-state index in [1.807, 2.05) is 0 Å². The minimum atomic E-state index is 0.120. The Labute approximate surface area is 135 Å². The van der Waals surface area contributed by atoms with Crippen LogP contribution in [0.5, 0.6) is 0 Å². The zero-order valence-corrected chi connectivity index (χ0v) is 14.1. The average Bonchev–Trinajstić information content (AvgIpc) is 2.47. The van der Waals surface area contributed by atoms with Crippen LogP contribution in [0.2, 0.25) is 0 Å². The van der Waals surface area contributed by atoms with Crippen molar-refractivity contribution in [3.8, 4) is 0 Å². The summed E-state index contributed by atoms with van der Waals surface area (Å²) in [6.45, 7) is 2.15. The van der Waals surface area contributed by atoms with E-state index in [2.05, 4.69) is 65.3 Å². The van der Waals surface area contributed by atoms with Crippen LogP contribution in [0.4, 0.5) is 0 Å². The van der Waals surface area contributed by atoms with Gasteiger partial charge in [-0.15, -0.1) is 0 Å². The Morgan fingerprint density at radius 1 is 1.24 bits per heavy atom. The minimum absolute atomic E-state index is 0.120. The molecular weight excluding hydrogens is 322 g/mol. The molecule has 0 heterocycles. The van der Waals surface area contributed by atoms with Gasteiger partial charge in [0.25, 0.3) is 0 Å². The van der Waals surface area contributed by atoms with Crippen LogP contribution < -0.4 is 5.73 Å². The van der Waals surface area contributed by atoms with Crippen LogP contribution >= 0.6 is 15.9 Å². The van der Waals surface area contributed by atoms with E-state index in [-0.39, 0.29) is 6.04 Å². The van der Waals surface area contributed by atoms with Gasteiger partial charge in [-0.05, 0) is 72.9 Å². The van der Waals surface area contributed by atoms with Crippen LogP contribution in [0.1, 0.15) is 53.5 Å². The molecule has 0 radical (unpaired) electrons. The Kier molecular flexibility index (Phi) is 4.46. The van der Waals surface area contributed by atoms with Crippen LogP contribution in [0.3, 0.4) is 0 Å². The quantitative estimate of drug-likeness (QED) is 0.807. The molecule has 1 nitrogen and oxygen atoms in total. The molecule has 1 aliphatic rings. The Bertz CT molecular complexity index is 635. The standard InChI is InChI=1S/C19H22BrN/c1-13-11-16(20)9-10-17(13)19(21)12-15-7-4-6-14-5-2-3-8-18(14)15/h2-3,5,8-11,15,19H,4,6-7,12,21H2,1H3. The molecule has 110 valence electrons. The van der Waals surface area contributed by atoms with Crippen molar-refractivity contribution in [3.05, 3.63) is 69.2 Å². The summed E-state index contributed by atoms with van der Waals surface area (Å²) in [5.74, 6) is 0.605. The second-order valence-electron chi connectivity index (χ2n) is 6.13. The molecule has 0 aliphatic heterocycles. The zero-order chi connectivity index (χ0) is 14.8. The van der Waals surface area contributed by atoms with Gasteiger partial charge in [0, 0.05) is 10.5 Å². The summed E-state index contributed by atoms with van der Waals surface area (Å²) >= 11 is 3.52. The van der Waals surface area contributed by atoms with E-state index in [0.717, 1.165) is 10.9 Å². The maximum atomic E-state index is 6.52. The van der Waals surface area contributed by atoms with E-state index in [0.29, 0.717) is 5.92 Å². The molecule has 2 aromatic carbocycles. The van der Waals surface area contributed by atoms with E-state index >= 15 is 0 Å². The molecule has 2 atom stereocenters. The largest absolute Gasteiger partial charge is 0.324 e. The molecular formula is C19H22BrN. The lowest BCUT2D eigenvalue weighted by Gasteiger charge is -2.28. The molecule has 2 aromatic rings. The number of aryl methyl sites for hydroxylation is 2. The Morgan fingerprint density at radius 3 is 2.86 bits per heavy atom. The number of hydrogen-bond acceptors (Lipinski definition) is 1. The van der Waals surface area contributed by atoms with Gasteiger partial charge < -0.3 is 5.73 Å². The molecule has 2 heteroatoms. The molecule has 1 aliphatic carbocycles. The number of fused-ring (bicyclic) bond motifs is 1. The van der Waals surface area contributed by atoms with Gasteiger partial charge in [-0.3, -0.25) is 0 Å². The van der Waals surface area contributed by atoms with E-state index < -0.39 is 0 Å². The van der Waals surface area contributed by atoms with E-state index in [9.17, 15) is 0 Å². The van der Waals surface area contributed by atoms with Crippen molar-refractivity contribution in [3.63, 3.8) is 0 Å². The second kappa shape index (κ2) is 6.33. The van der Waals surface area contributed by atoms with Gasteiger partial charge >= 0.3 is 0 Å². The van der Waals surface area contributed by atoms with Gasteiger partial charge in [-0.2, -0.15) is 0 Å². The SMILES string of the molecule is Cc1cc(Br)ccc1C(N)CC1CCCc2ccccc21. The highest BCUT2D eigenvalue weighted by Crippen LogP contribution is 2.37. The monoisotopic (exact) mass is 343 g/mol. The van der Waals surface area contributed by atoms with Crippen LogP contribution in [0, 0.1) is 6.92 Å². The average molecular weight is 344 g/mol. The third-order valence-electron chi connectivity index (χ3n) is 4.66. The van der Waals surface area contributed by atoms with Crippen LogP contribution in [0.15, 0.2) is 46.9 Å². The van der Waals surface area contributed by atoms with Crippen molar-refractivity contribution < 1.29 is 0 Å². The normalized spacial score (nSPS) is 19.1. The van der Waals surface area contributed by atoms with Crippen molar-refractivity contribution in [1.82, 2.24) is 0 Å². The fourth-order valence-corrected chi connectivity index (χ4v) is 4.06. The first kappa shape index (κ1) is 14.8. The third kappa shape index (κ3) is 3.22. The van der Waals surface area contributed by atoms with Crippen molar-refractivity contribution in [1.29, 1.82) is 0 Å². The number of benzene rings is 2. The Hall–Kier alpha value is -1.12. The molecule has 0 aromatic heterocycles.